The summed E-state index contributed by atoms with van der Waals surface area (Å²) in [6.45, 7) is 4.79. The Bertz CT molecular complexity index is 417. The molecule has 0 bridgehead atoms. The number of hydrogen-bond donors (Lipinski definition) is 1. The fraction of sp³-hybridized carbons (Fsp3) is 0.462. The molecule has 6 nitrogen and oxygen atoms in total. The average Bonchev–Trinajstić information content (AvgIpc) is 2.43. The first-order valence-corrected chi connectivity index (χ1v) is 6.13. The summed E-state index contributed by atoms with van der Waals surface area (Å²) in [5.41, 5.74) is 1.15. The van der Waals surface area contributed by atoms with E-state index in [1.54, 1.807) is 19.1 Å². The number of amides is 1. The van der Waals surface area contributed by atoms with Crippen molar-refractivity contribution in [1.82, 2.24) is 10.3 Å². The normalized spacial score (nSPS) is 10.0. The van der Waals surface area contributed by atoms with Crippen LogP contribution in [0.5, 0.6) is 0 Å². The van der Waals surface area contributed by atoms with Crippen LogP contribution < -0.4 is 5.32 Å². The molecular formula is C13H18N2O4. The second-order valence-electron chi connectivity index (χ2n) is 3.66. The summed E-state index contributed by atoms with van der Waals surface area (Å²) in [6, 6.07) is 3.36. The van der Waals surface area contributed by atoms with Crippen molar-refractivity contribution in [1.29, 1.82) is 0 Å². The highest BCUT2D eigenvalue weighted by molar-refractivity contribution is 5.95. The van der Waals surface area contributed by atoms with Crippen molar-refractivity contribution in [3.05, 3.63) is 29.6 Å². The van der Waals surface area contributed by atoms with Gasteiger partial charge in [0, 0.05) is 12.8 Å². The van der Waals surface area contributed by atoms with Crippen molar-refractivity contribution < 1.29 is 19.1 Å². The van der Waals surface area contributed by atoms with Crippen LogP contribution in [0.4, 0.5) is 0 Å². The molecule has 0 aliphatic carbocycles. The lowest BCUT2D eigenvalue weighted by Crippen LogP contribution is -2.30. The van der Waals surface area contributed by atoms with Crippen LogP contribution in [0, 0.1) is 0 Å². The molecule has 0 saturated carbocycles. The molecule has 1 rings (SSSR count). The Morgan fingerprint density at radius 1 is 1.26 bits per heavy atom. The molecule has 1 aromatic rings. The Balaban J connectivity index is 2.46. The Kier molecular flexibility index (Phi) is 6.52. The maximum atomic E-state index is 11.7. The molecule has 1 heterocycles. The SMILES string of the molecule is CCOCc1ccc(C(=O)NCC(=O)OCC)cn1. The first-order valence-electron chi connectivity index (χ1n) is 6.13. The number of carbonyl (C=O) groups is 2. The maximum absolute atomic E-state index is 11.7. The van der Waals surface area contributed by atoms with Crippen molar-refractivity contribution in [3.63, 3.8) is 0 Å². The van der Waals surface area contributed by atoms with E-state index in [1.807, 2.05) is 6.92 Å². The third kappa shape index (κ3) is 5.48. The molecule has 0 unspecified atom stereocenters. The van der Waals surface area contributed by atoms with E-state index in [0.29, 0.717) is 25.4 Å². The quantitative estimate of drug-likeness (QED) is 0.742. The van der Waals surface area contributed by atoms with Gasteiger partial charge in [-0.2, -0.15) is 0 Å². The summed E-state index contributed by atoms with van der Waals surface area (Å²) < 4.78 is 9.91. The molecule has 1 N–H and O–H groups in total. The number of carbonyl (C=O) groups excluding carboxylic acids is 2. The summed E-state index contributed by atoms with van der Waals surface area (Å²) >= 11 is 0. The molecule has 0 saturated heterocycles. The second kappa shape index (κ2) is 8.20. The minimum atomic E-state index is -0.461. The van der Waals surface area contributed by atoms with E-state index >= 15 is 0 Å². The summed E-state index contributed by atoms with van der Waals surface area (Å²) in [5.74, 6) is -0.819. The van der Waals surface area contributed by atoms with Crippen LogP contribution in [0.25, 0.3) is 0 Å². The van der Waals surface area contributed by atoms with Crippen LogP contribution in [-0.4, -0.2) is 36.6 Å². The van der Waals surface area contributed by atoms with Crippen molar-refractivity contribution in [2.45, 2.75) is 20.5 Å². The number of esters is 1. The predicted molar refractivity (Wildman–Crippen MR) is 68.5 cm³/mol. The van der Waals surface area contributed by atoms with Crippen LogP contribution in [0.15, 0.2) is 18.3 Å². The van der Waals surface area contributed by atoms with Gasteiger partial charge in [0.2, 0.25) is 0 Å². The van der Waals surface area contributed by atoms with Gasteiger partial charge in [0.25, 0.3) is 5.91 Å². The number of aromatic nitrogens is 1. The van der Waals surface area contributed by atoms with Crippen LogP contribution in [0.1, 0.15) is 29.9 Å². The van der Waals surface area contributed by atoms with E-state index in [1.165, 1.54) is 6.20 Å². The zero-order chi connectivity index (χ0) is 14.1. The van der Waals surface area contributed by atoms with Crippen molar-refractivity contribution in [2.24, 2.45) is 0 Å². The van der Waals surface area contributed by atoms with Gasteiger partial charge in [0.1, 0.15) is 6.54 Å². The number of nitrogens with zero attached hydrogens (tertiary/aromatic N) is 1. The topological polar surface area (TPSA) is 77.5 Å². The lowest BCUT2D eigenvalue weighted by molar-refractivity contribution is -0.141. The summed E-state index contributed by atoms with van der Waals surface area (Å²) in [7, 11) is 0. The first kappa shape index (κ1) is 15.1. The number of nitrogens with one attached hydrogen (secondary N) is 1. The van der Waals surface area contributed by atoms with Crippen LogP contribution in [0.2, 0.25) is 0 Å². The van der Waals surface area contributed by atoms with Gasteiger partial charge in [-0.25, -0.2) is 0 Å². The maximum Gasteiger partial charge on any atom is 0.325 e. The zero-order valence-electron chi connectivity index (χ0n) is 11.1. The van der Waals surface area contributed by atoms with Gasteiger partial charge in [-0.15, -0.1) is 0 Å². The standard InChI is InChI=1S/C13H18N2O4/c1-3-18-9-11-6-5-10(7-14-11)13(17)15-8-12(16)19-4-2/h5-7H,3-4,8-9H2,1-2H3,(H,15,17). The minimum Gasteiger partial charge on any atom is -0.465 e. The fourth-order valence-corrected chi connectivity index (χ4v) is 1.32. The molecule has 0 radical (unpaired) electrons. The molecule has 6 heteroatoms. The van der Waals surface area contributed by atoms with Crippen LogP contribution >= 0.6 is 0 Å². The molecule has 104 valence electrons. The minimum absolute atomic E-state index is 0.145. The van der Waals surface area contributed by atoms with Gasteiger partial charge in [-0.3, -0.25) is 14.6 Å². The third-order valence-electron chi connectivity index (χ3n) is 2.24. The van der Waals surface area contributed by atoms with Gasteiger partial charge < -0.3 is 14.8 Å². The first-order chi connectivity index (χ1) is 9.17. The lowest BCUT2D eigenvalue weighted by atomic mass is 10.2. The molecule has 1 aromatic heterocycles. The second-order valence-corrected chi connectivity index (χ2v) is 3.66. The number of rotatable bonds is 7. The van der Waals surface area contributed by atoms with Crippen molar-refractivity contribution in [2.75, 3.05) is 19.8 Å². The Labute approximate surface area is 112 Å². The monoisotopic (exact) mass is 266 g/mol. The van der Waals surface area contributed by atoms with E-state index in [2.05, 4.69) is 10.3 Å². The van der Waals surface area contributed by atoms with Gasteiger partial charge in [0.05, 0.1) is 24.5 Å². The highest BCUT2D eigenvalue weighted by Crippen LogP contribution is 2.01. The van der Waals surface area contributed by atoms with E-state index < -0.39 is 5.97 Å². The Hall–Kier alpha value is -1.95. The number of pyridine rings is 1. The van der Waals surface area contributed by atoms with Gasteiger partial charge in [-0.05, 0) is 26.0 Å². The van der Waals surface area contributed by atoms with Gasteiger partial charge >= 0.3 is 5.97 Å². The molecule has 1 amide bonds. The predicted octanol–water partition coefficient (Wildman–Crippen LogP) is 0.911. The molecule has 0 fully saturated rings. The summed E-state index contributed by atoms with van der Waals surface area (Å²) in [6.07, 6.45) is 1.45. The summed E-state index contributed by atoms with van der Waals surface area (Å²) in [4.78, 5) is 26.9. The molecule has 0 aliphatic rings. The smallest absolute Gasteiger partial charge is 0.325 e. The molecular weight excluding hydrogens is 248 g/mol. The average molecular weight is 266 g/mol. The van der Waals surface area contributed by atoms with Crippen LogP contribution in [0.3, 0.4) is 0 Å². The lowest BCUT2D eigenvalue weighted by Gasteiger charge is -2.05. The Morgan fingerprint density at radius 2 is 2.05 bits per heavy atom. The van der Waals surface area contributed by atoms with E-state index in [9.17, 15) is 9.59 Å². The van der Waals surface area contributed by atoms with Crippen molar-refractivity contribution in [3.8, 4) is 0 Å². The molecule has 0 spiro atoms. The fourth-order valence-electron chi connectivity index (χ4n) is 1.32. The molecule has 0 aliphatic heterocycles. The Morgan fingerprint density at radius 3 is 2.63 bits per heavy atom. The van der Waals surface area contributed by atoms with Gasteiger partial charge in [-0.1, -0.05) is 0 Å². The largest absolute Gasteiger partial charge is 0.465 e. The van der Waals surface area contributed by atoms with Crippen LogP contribution in [-0.2, 0) is 20.9 Å². The molecule has 0 atom stereocenters. The zero-order valence-corrected chi connectivity index (χ0v) is 11.1. The van der Waals surface area contributed by atoms with E-state index in [4.69, 9.17) is 9.47 Å². The highest BCUT2D eigenvalue weighted by atomic mass is 16.5. The molecule has 19 heavy (non-hydrogen) atoms. The van der Waals surface area contributed by atoms with Gasteiger partial charge in [0.15, 0.2) is 0 Å². The number of ether oxygens (including phenoxy) is 2. The summed E-state index contributed by atoms with van der Waals surface area (Å²) in [5, 5.41) is 2.46. The molecule has 0 aromatic carbocycles. The third-order valence-corrected chi connectivity index (χ3v) is 2.24. The van der Waals surface area contributed by atoms with E-state index in [0.717, 1.165) is 5.69 Å². The highest BCUT2D eigenvalue weighted by Gasteiger charge is 2.08. The number of hydrogen-bond acceptors (Lipinski definition) is 5. The van der Waals surface area contributed by atoms with E-state index in [-0.39, 0.29) is 12.5 Å². The van der Waals surface area contributed by atoms with Crippen molar-refractivity contribution >= 4 is 11.9 Å².